The Balaban J connectivity index is 0.00000145. The number of rotatable bonds is 4. The lowest BCUT2D eigenvalue weighted by atomic mass is 10.0. The average Bonchev–Trinajstić information content (AvgIpc) is 2.74. The zero-order valence-electron chi connectivity index (χ0n) is 15.8. The van der Waals surface area contributed by atoms with Crippen molar-refractivity contribution in [3.8, 4) is 16.9 Å². The van der Waals surface area contributed by atoms with Crippen molar-refractivity contribution in [1.82, 2.24) is 5.43 Å². The molecule has 3 aromatic carbocycles. The molecule has 0 saturated carbocycles. The Morgan fingerprint density at radius 3 is 2.21 bits per heavy atom. The van der Waals surface area contributed by atoms with Gasteiger partial charge in [-0.3, -0.25) is 4.79 Å². The summed E-state index contributed by atoms with van der Waals surface area (Å²) in [6.07, 6.45) is 1.46. The van der Waals surface area contributed by atoms with E-state index in [0.29, 0.717) is 31.2 Å². The zero-order valence-corrected chi connectivity index (χ0v) is 19.0. The second-order valence-corrected chi connectivity index (χ2v) is 7.30. The highest BCUT2D eigenvalue weighted by Gasteiger charge is 2.08. The molecule has 0 heterocycles. The van der Waals surface area contributed by atoms with Crippen molar-refractivity contribution in [1.29, 1.82) is 0 Å². The molecule has 3 aromatic rings. The number of aromatic hydroxyl groups is 1. The first-order valence-corrected chi connectivity index (χ1v) is 10.4. The molecular formula is C22H19Br2FN2O2. The molecule has 2 N–H and O–H groups in total. The Morgan fingerprint density at radius 1 is 1.03 bits per heavy atom. The molecule has 0 aromatic heterocycles. The van der Waals surface area contributed by atoms with E-state index in [2.05, 4.69) is 42.4 Å². The van der Waals surface area contributed by atoms with Gasteiger partial charge in [0, 0.05) is 11.1 Å². The second-order valence-electron chi connectivity index (χ2n) is 5.59. The normalized spacial score (nSPS) is 10.4. The minimum Gasteiger partial charge on any atom is -0.506 e. The minimum absolute atomic E-state index is 0.0890. The summed E-state index contributed by atoms with van der Waals surface area (Å²) in [4.78, 5) is 12.2. The van der Waals surface area contributed by atoms with Gasteiger partial charge in [0.15, 0.2) is 0 Å². The third kappa shape index (κ3) is 5.98. The van der Waals surface area contributed by atoms with Crippen LogP contribution < -0.4 is 5.43 Å². The maximum Gasteiger partial charge on any atom is 0.271 e. The van der Waals surface area contributed by atoms with Gasteiger partial charge in [-0.05, 0) is 73.3 Å². The smallest absolute Gasteiger partial charge is 0.271 e. The first-order chi connectivity index (χ1) is 14.0. The van der Waals surface area contributed by atoms with Gasteiger partial charge >= 0.3 is 0 Å². The summed E-state index contributed by atoms with van der Waals surface area (Å²) in [6, 6.07) is 16.4. The predicted molar refractivity (Wildman–Crippen MR) is 122 cm³/mol. The highest BCUT2D eigenvalue weighted by Crippen LogP contribution is 2.32. The molecule has 0 fully saturated rings. The SMILES string of the molecule is CC.O=C(N/N=C/c1cc(Br)c(O)c(Br)c1)c1ccc(-c2ccccc2F)cc1. The van der Waals surface area contributed by atoms with Crippen molar-refractivity contribution >= 4 is 44.0 Å². The average molecular weight is 522 g/mol. The number of amides is 1. The van der Waals surface area contributed by atoms with Crippen LogP contribution in [0.2, 0.25) is 0 Å². The Labute approximate surface area is 185 Å². The van der Waals surface area contributed by atoms with Gasteiger partial charge in [0.05, 0.1) is 15.2 Å². The van der Waals surface area contributed by atoms with Gasteiger partial charge < -0.3 is 5.11 Å². The summed E-state index contributed by atoms with van der Waals surface area (Å²) in [5, 5.41) is 13.6. The van der Waals surface area contributed by atoms with Crippen LogP contribution in [0.15, 0.2) is 74.7 Å². The molecule has 0 saturated heterocycles. The highest BCUT2D eigenvalue weighted by atomic mass is 79.9. The van der Waals surface area contributed by atoms with Crippen LogP contribution in [0.5, 0.6) is 5.75 Å². The standard InChI is InChI=1S/C20H13Br2FN2O2.C2H6/c21-16-9-12(10-17(22)19(16)26)11-24-25-20(27)14-7-5-13(6-8-14)15-3-1-2-4-18(15)23;1-2/h1-11,26H,(H,25,27);1-2H3/b24-11+;. The van der Waals surface area contributed by atoms with Crippen molar-refractivity contribution in [2.75, 3.05) is 0 Å². The van der Waals surface area contributed by atoms with E-state index in [9.17, 15) is 14.3 Å². The molecule has 1 amide bonds. The Hall–Kier alpha value is -2.51. The van der Waals surface area contributed by atoms with Gasteiger partial charge in [-0.15, -0.1) is 0 Å². The zero-order chi connectivity index (χ0) is 21.4. The van der Waals surface area contributed by atoms with Crippen LogP contribution in [0.4, 0.5) is 4.39 Å². The fraction of sp³-hybridized carbons (Fsp3) is 0.0909. The minimum atomic E-state index is -0.386. The summed E-state index contributed by atoms with van der Waals surface area (Å²) in [5.74, 6) is -0.611. The summed E-state index contributed by atoms with van der Waals surface area (Å²) in [7, 11) is 0. The van der Waals surface area contributed by atoms with Crippen molar-refractivity contribution in [3.05, 3.63) is 86.6 Å². The predicted octanol–water partition coefficient (Wildman–Crippen LogP) is 6.51. The molecule has 3 rings (SSSR count). The van der Waals surface area contributed by atoms with Gasteiger partial charge in [-0.1, -0.05) is 44.2 Å². The van der Waals surface area contributed by atoms with Crippen LogP contribution in [0.1, 0.15) is 29.8 Å². The van der Waals surface area contributed by atoms with Crippen molar-refractivity contribution < 1.29 is 14.3 Å². The molecule has 0 unspecified atom stereocenters. The molecule has 0 radical (unpaired) electrons. The van der Waals surface area contributed by atoms with Crippen LogP contribution in [-0.2, 0) is 0 Å². The molecule has 0 atom stereocenters. The number of hydrogen-bond acceptors (Lipinski definition) is 3. The van der Waals surface area contributed by atoms with E-state index < -0.39 is 0 Å². The number of nitrogens with one attached hydrogen (secondary N) is 1. The van der Waals surface area contributed by atoms with Crippen LogP contribution in [0, 0.1) is 5.82 Å². The summed E-state index contributed by atoms with van der Waals surface area (Å²) in [6.45, 7) is 4.00. The molecule has 7 heteroatoms. The lowest BCUT2D eigenvalue weighted by Gasteiger charge is -2.05. The van der Waals surface area contributed by atoms with E-state index in [1.165, 1.54) is 12.3 Å². The van der Waals surface area contributed by atoms with Crippen molar-refractivity contribution in [2.24, 2.45) is 5.10 Å². The highest BCUT2D eigenvalue weighted by molar-refractivity contribution is 9.11. The molecule has 0 aliphatic rings. The number of halogens is 3. The second kappa shape index (κ2) is 10.9. The van der Waals surface area contributed by atoms with Gasteiger partial charge in [0.2, 0.25) is 0 Å². The molecule has 0 aliphatic carbocycles. The van der Waals surface area contributed by atoms with Crippen LogP contribution >= 0.6 is 31.9 Å². The van der Waals surface area contributed by atoms with E-state index >= 15 is 0 Å². The summed E-state index contributed by atoms with van der Waals surface area (Å²) >= 11 is 6.46. The fourth-order valence-electron chi connectivity index (χ4n) is 2.39. The van der Waals surface area contributed by atoms with E-state index in [-0.39, 0.29) is 17.5 Å². The number of benzene rings is 3. The molecule has 4 nitrogen and oxygen atoms in total. The molecule has 0 bridgehead atoms. The Morgan fingerprint density at radius 2 is 1.62 bits per heavy atom. The van der Waals surface area contributed by atoms with Crippen LogP contribution in [0.3, 0.4) is 0 Å². The monoisotopic (exact) mass is 520 g/mol. The first kappa shape index (κ1) is 22.8. The molecule has 0 aliphatic heterocycles. The third-order valence-electron chi connectivity index (χ3n) is 3.75. The van der Waals surface area contributed by atoms with Crippen molar-refractivity contribution in [2.45, 2.75) is 13.8 Å². The van der Waals surface area contributed by atoms with Gasteiger partial charge in [-0.2, -0.15) is 5.10 Å². The third-order valence-corrected chi connectivity index (χ3v) is 4.96. The number of phenolic OH excluding ortho intramolecular Hbond substituents is 1. The Kier molecular flexibility index (Phi) is 8.54. The number of nitrogens with zero attached hydrogens (tertiary/aromatic N) is 1. The van der Waals surface area contributed by atoms with E-state index in [1.54, 1.807) is 54.6 Å². The lowest BCUT2D eigenvalue weighted by Crippen LogP contribution is -2.17. The summed E-state index contributed by atoms with van der Waals surface area (Å²) in [5.41, 5.74) is 4.68. The first-order valence-electron chi connectivity index (χ1n) is 8.82. The topological polar surface area (TPSA) is 61.7 Å². The molecule has 29 heavy (non-hydrogen) atoms. The molecule has 150 valence electrons. The number of hydrazone groups is 1. The quantitative estimate of drug-likeness (QED) is 0.303. The maximum absolute atomic E-state index is 13.8. The van der Waals surface area contributed by atoms with Crippen LogP contribution in [0.25, 0.3) is 11.1 Å². The van der Waals surface area contributed by atoms with Gasteiger partial charge in [0.25, 0.3) is 5.91 Å². The fourth-order valence-corrected chi connectivity index (χ4v) is 3.61. The number of hydrogen-bond donors (Lipinski definition) is 2. The summed E-state index contributed by atoms with van der Waals surface area (Å²) < 4.78 is 14.8. The lowest BCUT2D eigenvalue weighted by molar-refractivity contribution is 0.0955. The Bertz CT molecular complexity index is 999. The van der Waals surface area contributed by atoms with E-state index in [4.69, 9.17) is 0 Å². The molecular weight excluding hydrogens is 503 g/mol. The van der Waals surface area contributed by atoms with Crippen LogP contribution in [-0.4, -0.2) is 17.2 Å². The van der Waals surface area contributed by atoms with E-state index in [1.807, 2.05) is 13.8 Å². The maximum atomic E-state index is 13.8. The number of phenols is 1. The van der Waals surface area contributed by atoms with Gasteiger partial charge in [0.1, 0.15) is 11.6 Å². The number of carbonyl (C=O) groups excluding carboxylic acids is 1. The number of carbonyl (C=O) groups is 1. The van der Waals surface area contributed by atoms with Crippen molar-refractivity contribution in [3.63, 3.8) is 0 Å². The van der Waals surface area contributed by atoms with E-state index in [0.717, 1.165) is 0 Å². The largest absolute Gasteiger partial charge is 0.506 e. The van der Waals surface area contributed by atoms with Gasteiger partial charge in [-0.25, -0.2) is 9.82 Å². The molecule has 0 spiro atoms.